The Bertz CT molecular complexity index is 561. The van der Waals surface area contributed by atoms with Crippen LogP contribution in [0.15, 0.2) is 36.4 Å². The Morgan fingerprint density at radius 1 is 1.17 bits per heavy atom. The van der Waals surface area contributed by atoms with Crippen LogP contribution in [0.3, 0.4) is 0 Å². The van der Waals surface area contributed by atoms with E-state index in [0.717, 1.165) is 34.4 Å². The lowest BCUT2D eigenvalue weighted by Gasteiger charge is -2.19. The molecule has 0 radical (unpaired) electrons. The standard InChI is InChI=1S/C15H15ClO2/c16-14-6-5-13(11-3-1-2-4-12(11)14)15(17)10-7-8-18-9-10/h1-6,10,15,17H,7-9H2. The van der Waals surface area contributed by atoms with Crippen LogP contribution >= 0.6 is 11.6 Å². The van der Waals surface area contributed by atoms with Crippen molar-refractivity contribution in [2.75, 3.05) is 13.2 Å². The molecule has 0 amide bonds. The van der Waals surface area contributed by atoms with Crippen molar-refractivity contribution in [2.24, 2.45) is 5.92 Å². The average molecular weight is 263 g/mol. The molecule has 94 valence electrons. The second-order valence-electron chi connectivity index (χ2n) is 4.75. The lowest BCUT2D eigenvalue weighted by Crippen LogP contribution is -2.12. The molecule has 1 aliphatic rings. The Hall–Kier alpha value is -1.09. The van der Waals surface area contributed by atoms with Gasteiger partial charge in [-0.25, -0.2) is 0 Å². The maximum absolute atomic E-state index is 10.5. The number of hydrogen-bond donors (Lipinski definition) is 1. The fourth-order valence-electron chi connectivity index (χ4n) is 2.60. The molecule has 2 aromatic carbocycles. The Morgan fingerprint density at radius 2 is 1.94 bits per heavy atom. The van der Waals surface area contributed by atoms with Crippen LogP contribution < -0.4 is 0 Å². The third-order valence-corrected chi connectivity index (χ3v) is 3.96. The SMILES string of the molecule is OC(c1ccc(Cl)c2ccccc12)C1CCOC1. The van der Waals surface area contributed by atoms with Gasteiger partial charge in [-0.15, -0.1) is 0 Å². The lowest BCUT2D eigenvalue weighted by atomic mass is 9.91. The summed E-state index contributed by atoms with van der Waals surface area (Å²) in [5, 5.41) is 13.2. The predicted octanol–water partition coefficient (Wildman–Crippen LogP) is 3.56. The Balaban J connectivity index is 2.08. The van der Waals surface area contributed by atoms with E-state index in [1.54, 1.807) is 0 Å². The van der Waals surface area contributed by atoms with Gasteiger partial charge in [-0.3, -0.25) is 0 Å². The van der Waals surface area contributed by atoms with Crippen LogP contribution in [0.4, 0.5) is 0 Å². The highest BCUT2D eigenvalue weighted by molar-refractivity contribution is 6.35. The van der Waals surface area contributed by atoms with Crippen LogP contribution in [0.5, 0.6) is 0 Å². The van der Waals surface area contributed by atoms with Crippen molar-refractivity contribution >= 4 is 22.4 Å². The van der Waals surface area contributed by atoms with Gasteiger partial charge in [0.25, 0.3) is 0 Å². The smallest absolute Gasteiger partial charge is 0.0847 e. The first-order valence-electron chi connectivity index (χ1n) is 6.20. The van der Waals surface area contributed by atoms with Crippen LogP contribution in [0, 0.1) is 5.92 Å². The first-order valence-corrected chi connectivity index (χ1v) is 6.58. The summed E-state index contributed by atoms with van der Waals surface area (Å²) in [7, 11) is 0. The largest absolute Gasteiger partial charge is 0.388 e. The molecule has 0 aliphatic carbocycles. The number of fused-ring (bicyclic) bond motifs is 1. The van der Waals surface area contributed by atoms with Gasteiger partial charge in [0, 0.05) is 22.9 Å². The van der Waals surface area contributed by atoms with E-state index < -0.39 is 6.10 Å². The number of aliphatic hydroxyl groups is 1. The Kier molecular flexibility index (Phi) is 3.25. The van der Waals surface area contributed by atoms with Crippen molar-refractivity contribution in [3.05, 3.63) is 47.0 Å². The normalized spacial score (nSPS) is 21.3. The van der Waals surface area contributed by atoms with E-state index in [9.17, 15) is 5.11 Å². The van der Waals surface area contributed by atoms with Crippen LogP contribution in [-0.4, -0.2) is 18.3 Å². The minimum absolute atomic E-state index is 0.189. The molecule has 3 heteroatoms. The number of ether oxygens (including phenoxy) is 1. The molecular formula is C15H15ClO2. The second kappa shape index (κ2) is 4.88. The van der Waals surface area contributed by atoms with Gasteiger partial charge in [0.15, 0.2) is 0 Å². The van der Waals surface area contributed by atoms with E-state index in [1.807, 2.05) is 36.4 Å². The molecule has 2 aromatic rings. The second-order valence-corrected chi connectivity index (χ2v) is 5.16. The molecule has 2 atom stereocenters. The zero-order chi connectivity index (χ0) is 12.5. The van der Waals surface area contributed by atoms with Gasteiger partial charge in [0.05, 0.1) is 12.7 Å². The van der Waals surface area contributed by atoms with Gasteiger partial charge in [0.2, 0.25) is 0 Å². The molecule has 0 saturated carbocycles. The Labute approximate surface area is 111 Å². The zero-order valence-corrected chi connectivity index (χ0v) is 10.7. The molecular weight excluding hydrogens is 248 g/mol. The molecule has 1 fully saturated rings. The summed E-state index contributed by atoms with van der Waals surface area (Å²) in [5.74, 6) is 0.189. The van der Waals surface area contributed by atoms with Crippen molar-refractivity contribution in [2.45, 2.75) is 12.5 Å². The van der Waals surface area contributed by atoms with Gasteiger partial charge in [-0.1, -0.05) is 41.9 Å². The number of benzene rings is 2. The summed E-state index contributed by atoms with van der Waals surface area (Å²) in [5.41, 5.74) is 0.950. The van der Waals surface area contributed by atoms with Crippen molar-refractivity contribution in [3.63, 3.8) is 0 Å². The van der Waals surface area contributed by atoms with Crippen LogP contribution in [0.25, 0.3) is 10.8 Å². The summed E-state index contributed by atoms with van der Waals surface area (Å²) >= 11 is 6.19. The number of halogens is 1. The summed E-state index contributed by atoms with van der Waals surface area (Å²) in [6.07, 6.45) is 0.438. The molecule has 3 rings (SSSR count). The minimum atomic E-state index is -0.477. The number of aliphatic hydroxyl groups excluding tert-OH is 1. The molecule has 0 aromatic heterocycles. The Morgan fingerprint density at radius 3 is 2.67 bits per heavy atom. The van der Waals surface area contributed by atoms with Crippen molar-refractivity contribution < 1.29 is 9.84 Å². The van der Waals surface area contributed by atoms with Gasteiger partial charge in [-0.2, -0.15) is 0 Å². The van der Waals surface area contributed by atoms with Crippen molar-refractivity contribution in [1.29, 1.82) is 0 Å². The maximum atomic E-state index is 10.5. The lowest BCUT2D eigenvalue weighted by molar-refractivity contribution is 0.0929. The molecule has 1 saturated heterocycles. The third kappa shape index (κ3) is 2.01. The summed E-state index contributed by atoms with van der Waals surface area (Å²) in [4.78, 5) is 0. The highest BCUT2D eigenvalue weighted by atomic mass is 35.5. The first-order chi connectivity index (χ1) is 8.77. The van der Waals surface area contributed by atoms with E-state index in [0.29, 0.717) is 6.61 Å². The van der Waals surface area contributed by atoms with Gasteiger partial charge in [0.1, 0.15) is 0 Å². The fourth-order valence-corrected chi connectivity index (χ4v) is 2.83. The van der Waals surface area contributed by atoms with Crippen molar-refractivity contribution in [3.8, 4) is 0 Å². The van der Waals surface area contributed by atoms with Crippen LogP contribution in [0.2, 0.25) is 5.02 Å². The molecule has 2 unspecified atom stereocenters. The zero-order valence-electron chi connectivity index (χ0n) is 9.97. The molecule has 0 spiro atoms. The third-order valence-electron chi connectivity index (χ3n) is 3.63. The van der Waals surface area contributed by atoms with E-state index in [-0.39, 0.29) is 5.92 Å². The van der Waals surface area contributed by atoms with E-state index in [2.05, 4.69) is 0 Å². The topological polar surface area (TPSA) is 29.5 Å². The van der Waals surface area contributed by atoms with E-state index >= 15 is 0 Å². The quantitative estimate of drug-likeness (QED) is 0.897. The number of rotatable bonds is 2. The minimum Gasteiger partial charge on any atom is -0.388 e. The summed E-state index contributed by atoms with van der Waals surface area (Å²) < 4.78 is 5.35. The predicted molar refractivity (Wildman–Crippen MR) is 72.8 cm³/mol. The van der Waals surface area contributed by atoms with E-state index in [4.69, 9.17) is 16.3 Å². The highest BCUT2D eigenvalue weighted by Gasteiger charge is 2.26. The molecule has 1 heterocycles. The maximum Gasteiger partial charge on any atom is 0.0847 e. The molecule has 18 heavy (non-hydrogen) atoms. The monoisotopic (exact) mass is 262 g/mol. The van der Waals surface area contributed by atoms with Crippen LogP contribution in [0.1, 0.15) is 18.1 Å². The average Bonchev–Trinajstić information content (AvgIpc) is 2.93. The van der Waals surface area contributed by atoms with Gasteiger partial charge in [-0.05, 0) is 23.4 Å². The van der Waals surface area contributed by atoms with E-state index in [1.165, 1.54) is 0 Å². The molecule has 0 bridgehead atoms. The van der Waals surface area contributed by atoms with Gasteiger partial charge < -0.3 is 9.84 Å². The molecule has 1 N–H and O–H groups in total. The summed E-state index contributed by atoms with van der Waals surface area (Å²) in [6.45, 7) is 1.38. The summed E-state index contributed by atoms with van der Waals surface area (Å²) in [6, 6.07) is 11.7. The highest BCUT2D eigenvalue weighted by Crippen LogP contribution is 2.35. The molecule has 1 aliphatic heterocycles. The molecule has 2 nitrogen and oxygen atoms in total. The fraction of sp³-hybridized carbons (Fsp3) is 0.333. The van der Waals surface area contributed by atoms with Gasteiger partial charge >= 0.3 is 0 Å². The number of hydrogen-bond acceptors (Lipinski definition) is 2. The first kappa shape index (κ1) is 12.0. The van der Waals surface area contributed by atoms with Crippen molar-refractivity contribution in [1.82, 2.24) is 0 Å². The van der Waals surface area contributed by atoms with Crippen LogP contribution in [-0.2, 0) is 4.74 Å².